The molecule has 0 amide bonds. The van der Waals surface area contributed by atoms with Crippen molar-refractivity contribution in [2.75, 3.05) is 0 Å². The largest absolute Gasteiger partial charge is 0.343 e. The van der Waals surface area contributed by atoms with Crippen molar-refractivity contribution in [2.45, 2.75) is 26.7 Å². The Labute approximate surface area is 132 Å². The molecule has 0 aliphatic heterocycles. The van der Waals surface area contributed by atoms with Gasteiger partial charge in [0.15, 0.2) is 5.78 Å². The maximum Gasteiger partial charge on any atom is 0.256 e. The Morgan fingerprint density at radius 3 is 2.39 bits per heavy atom. The lowest BCUT2D eigenvalue weighted by Crippen LogP contribution is -2.16. The van der Waals surface area contributed by atoms with Crippen molar-refractivity contribution in [1.29, 1.82) is 0 Å². The van der Waals surface area contributed by atoms with Gasteiger partial charge in [0.05, 0.1) is 5.56 Å². The first kappa shape index (κ1) is 15.2. The number of ketones is 1. The lowest BCUT2D eigenvalue weighted by atomic mass is 10.0. The number of hydrogen-bond acceptors (Lipinski definition) is 2. The fraction of sp³-hybridized carbons (Fsp3) is 0.222. The second-order valence-electron chi connectivity index (χ2n) is 5.36. The third-order valence-electron chi connectivity index (χ3n) is 4.02. The van der Waals surface area contributed by atoms with Gasteiger partial charge in [0.1, 0.15) is 11.5 Å². The number of aromatic nitrogens is 2. The summed E-state index contributed by atoms with van der Waals surface area (Å²) in [4.78, 5) is 28.2. The van der Waals surface area contributed by atoms with Gasteiger partial charge in [-0.15, -0.1) is 0 Å². The van der Waals surface area contributed by atoms with Crippen LogP contribution in [-0.2, 0) is 12.8 Å². The first-order valence-electron chi connectivity index (χ1n) is 7.62. The lowest BCUT2D eigenvalue weighted by Gasteiger charge is -2.04. The van der Waals surface area contributed by atoms with Gasteiger partial charge >= 0.3 is 0 Å². The van der Waals surface area contributed by atoms with Gasteiger partial charge in [0.25, 0.3) is 5.56 Å². The molecule has 3 aromatic rings. The van der Waals surface area contributed by atoms with E-state index in [4.69, 9.17) is 0 Å². The highest BCUT2D eigenvalue weighted by Gasteiger charge is 2.18. The second-order valence-corrected chi connectivity index (χ2v) is 5.36. The van der Waals surface area contributed by atoms with Gasteiger partial charge in [0, 0.05) is 23.0 Å². The van der Waals surface area contributed by atoms with Gasteiger partial charge in [-0.25, -0.2) is 4.39 Å². The van der Waals surface area contributed by atoms with Gasteiger partial charge in [-0.2, -0.15) is 0 Å². The third kappa shape index (κ3) is 2.48. The Morgan fingerprint density at radius 1 is 1.09 bits per heavy atom. The Bertz CT molecular complexity index is 936. The number of benzene rings is 1. The Morgan fingerprint density at radius 2 is 1.78 bits per heavy atom. The summed E-state index contributed by atoms with van der Waals surface area (Å²) in [5.41, 5.74) is 2.97. The zero-order valence-electron chi connectivity index (χ0n) is 13.0. The van der Waals surface area contributed by atoms with Crippen molar-refractivity contribution in [3.8, 4) is 0 Å². The van der Waals surface area contributed by atoms with E-state index in [-0.39, 0.29) is 11.3 Å². The number of rotatable bonds is 4. The normalized spacial score (nSPS) is 11.1. The van der Waals surface area contributed by atoms with Crippen molar-refractivity contribution < 1.29 is 9.18 Å². The smallest absolute Gasteiger partial charge is 0.256 e. The highest BCUT2D eigenvalue weighted by molar-refractivity contribution is 6.12. The molecule has 118 valence electrons. The Hall–Kier alpha value is -2.69. The Balaban J connectivity index is 2.24. The summed E-state index contributed by atoms with van der Waals surface area (Å²) >= 11 is 0. The molecule has 0 saturated carbocycles. The van der Waals surface area contributed by atoms with Gasteiger partial charge in [-0.05, 0) is 43.2 Å². The molecule has 1 N–H and O–H groups in total. The molecule has 0 atom stereocenters. The van der Waals surface area contributed by atoms with Gasteiger partial charge < -0.3 is 4.98 Å². The monoisotopic (exact) mass is 312 g/mol. The predicted molar refractivity (Wildman–Crippen MR) is 86.6 cm³/mol. The zero-order chi connectivity index (χ0) is 16.6. The van der Waals surface area contributed by atoms with Crippen LogP contribution in [-0.4, -0.2) is 15.2 Å². The second kappa shape index (κ2) is 5.83. The SMILES string of the molecule is CCc1[nH]c2c(C(=O)c3ccc(F)cc3)ccc(=O)n2c1CC. The molecule has 3 rings (SSSR count). The van der Waals surface area contributed by atoms with E-state index in [1.54, 1.807) is 4.40 Å². The number of H-pyrrole nitrogens is 1. The van der Waals surface area contributed by atoms with Crippen LogP contribution in [0.2, 0.25) is 0 Å². The van der Waals surface area contributed by atoms with E-state index in [2.05, 4.69) is 4.98 Å². The van der Waals surface area contributed by atoms with E-state index in [0.717, 1.165) is 17.8 Å². The van der Waals surface area contributed by atoms with Crippen LogP contribution in [0.15, 0.2) is 41.2 Å². The number of nitrogens with zero attached hydrogens (tertiary/aromatic N) is 1. The number of imidazole rings is 1. The average molecular weight is 312 g/mol. The molecule has 0 unspecified atom stereocenters. The number of carbonyl (C=O) groups excluding carboxylic acids is 1. The van der Waals surface area contributed by atoms with Crippen molar-refractivity contribution in [2.24, 2.45) is 0 Å². The summed E-state index contributed by atoms with van der Waals surface area (Å²) in [6, 6.07) is 8.33. The lowest BCUT2D eigenvalue weighted by molar-refractivity contribution is 0.103. The summed E-state index contributed by atoms with van der Waals surface area (Å²) in [7, 11) is 0. The minimum atomic E-state index is -0.391. The minimum Gasteiger partial charge on any atom is -0.343 e. The molecule has 0 spiro atoms. The van der Waals surface area contributed by atoms with E-state index < -0.39 is 5.82 Å². The zero-order valence-corrected chi connectivity index (χ0v) is 13.0. The van der Waals surface area contributed by atoms with Gasteiger partial charge in [-0.3, -0.25) is 14.0 Å². The van der Waals surface area contributed by atoms with Crippen molar-refractivity contribution in [3.05, 3.63) is 75.1 Å². The summed E-state index contributed by atoms with van der Waals surface area (Å²) in [6.07, 6.45) is 1.44. The van der Waals surface area contributed by atoms with E-state index >= 15 is 0 Å². The summed E-state index contributed by atoms with van der Waals surface area (Å²) in [5, 5.41) is 0. The van der Waals surface area contributed by atoms with Crippen LogP contribution >= 0.6 is 0 Å². The maximum atomic E-state index is 13.0. The van der Waals surface area contributed by atoms with Crippen LogP contribution < -0.4 is 5.56 Å². The van der Waals surface area contributed by atoms with Crippen LogP contribution in [0.5, 0.6) is 0 Å². The first-order chi connectivity index (χ1) is 11.1. The number of pyridine rings is 1. The molecule has 0 saturated heterocycles. The number of carbonyl (C=O) groups is 1. The fourth-order valence-electron chi connectivity index (χ4n) is 2.88. The van der Waals surface area contributed by atoms with E-state index in [0.29, 0.717) is 23.2 Å². The summed E-state index contributed by atoms with van der Waals surface area (Å²) < 4.78 is 14.6. The number of aryl methyl sites for hydroxylation is 2. The molecule has 23 heavy (non-hydrogen) atoms. The molecule has 5 heteroatoms. The van der Waals surface area contributed by atoms with Crippen molar-refractivity contribution in [3.63, 3.8) is 0 Å². The quantitative estimate of drug-likeness (QED) is 0.753. The standard InChI is InChI=1S/C18H17FN2O2/c1-3-14-15(4-2)21-16(22)10-9-13(18(21)20-14)17(23)11-5-7-12(19)8-6-11/h5-10,20H,3-4H2,1-2H3. The number of nitrogens with one attached hydrogen (secondary N) is 1. The molecule has 2 aromatic heterocycles. The molecule has 1 aromatic carbocycles. The highest BCUT2D eigenvalue weighted by atomic mass is 19.1. The molecule has 0 fully saturated rings. The fourth-order valence-corrected chi connectivity index (χ4v) is 2.88. The number of hydrogen-bond donors (Lipinski definition) is 1. The van der Waals surface area contributed by atoms with Gasteiger partial charge in [0.2, 0.25) is 0 Å². The third-order valence-corrected chi connectivity index (χ3v) is 4.02. The molecule has 2 heterocycles. The van der Waals surface area contributed by atoms with E-state index in [1.165, 1.54) is 36.4 Å². The molecule has 4 nitrogen and oxygen atoms in total. The first-order valence-corrected chi connectivity index (χ1v) is 7.62. The molecule has 0 bridgehead atoms. The number of fused-ring (bicyclic) bond motifs is 1. The predicted octanol–water partition coefficient (Wildman–Crippen LogP) is 3.12. The number of aromatic amines is 1. The Kier molecular flexibility index (Phi) is 3.86. The topological polar surface area (TPSA) is 54.3 Å². The van der Waals surface area contributed by atoms with Crippen LogP contribution in [0.3, 0.4) is 0 Å². The average Bonchev–Trinajstić information content (AvgIpc) is 2.94. The molecular formula is C18H17FN2O2. The van der Waals surface area contributed by atoms with Crippen LogP contribution in [0.1, 0.15) is 41.2 Å². The number of halogens is 1. The van der Waals surface area contributed by atoms with Crippen LogP contribution in [0, 0.1) is 5.82 Å². The summed E-state index contributed by atoms with van der Waals surface area (Å²) in [6.45, 7) is 3.97. The van der Waals surface area contributed by atoms with Crippen LogP contribution in [0.4, 0.5) is 4.39 Å². The highest BCUT2D eigenvalue weighted by Crippen LogP contribution is 2.18. The molecule has 0 radical (unpaired) electrons. The van der Waals surface area contributed by atoms with Gasteiger partial charge in [-0.1, -0.05) is 13.8 Å². The van der Waals surface area contributed by atoms with Crippen molar-refractivity contribution in [1.82, 2.24) is 9.38 Å². The van der Waals surface area contributed by atoms with Crippen LogP contribution in [0.25, 0.3) is 5.65 Å². The summed E-state index contributed by atoms with van der Waals surface area (Å²) in [5.74, 6) is -0.633. The maximum absolute atomic E-state index is 13.0. The molecule has 0 aliphatic carbocycles. The molecular weight excluding hydrogens is 295 g/mol. The van der Waals surface area contributed by atoms with E-state index in [1.807, 2.05) is 13.8 Å². The minimum absolute atomic E-state index is 0.163. The van der Waals surface area contributed by atoms with Crippen molar-refractivity contribution >= 4 is 11.4 Å². The van der Waals surface area contributed by atoms with E-state index in [9.17, 15) is 14.0 Å². The molecule has 0 aliphatic rings.